The highest BCUT2D eigenvalue weighted by Crippen LogP contribution is 2.43. The van der Waals surface area contributed by atoms with Crippen molar-refractivity contribution in [2.75, 3.05) is 26.4 Å². The lowest BCUT2D eigenvalue weighted by Crippen LogP contribution is -2.29. The third-order valence-corrected chi connectivity index (χ3v) is 9.94. The van der Waals surface area contributed by atoms with E-state index in [2.05, 4.69) is 49.6 Å². The van der Waals surface area contributed by atoms with Crippen LogP contribution in [-0.2, 0) is 32.7 Å². The number of carbonyl (C=O) groups excluding carboxylic acids is 2. The van der Waals surface area contributed by atoms with Gasteiger partial charge < -0.3 is 29.7 Å². The minimum absolute atomic E-state index is 0.148. The van der Waals surface area contributed by atoms with Crippen molar-refractivity contribution in [1.82, 2.24) is 0 Å². The van der Waals surface area contributed by atoms with Crippen molar-refractivity contribution >= 4 is 19.8 Å². The lowest BCUT2D eigenvalue weighted by Gasteiger charge is -2.20. The van der Waals surface area contributed by atoms with Crippen LogP contribution >= 0.6 is 7.82 Å². The van der Waals surface area contributed by atoms with E-state index in [1.165, 1.54) is 57.8 Å². The van der Waals surface area contributed by atoms with Crippen molar-refractivity contribution in [3.05, 3.63) is 48.6 Å². The van der Waals surface area contributed by atoms with Crippen LogP contribution in [0.15, 0.2) is 48.6 Å². The van der Waals surface area contributed by atoms with E-state index in [1.807, 2.05) is 24.3 Å². The van der Waals surface area contributed by atoms with Gasteiger partial charge in [-0.05, 0) is 50.9 Å². The minimum atomic E-state index is -4.64. The molecule has 12 heteroatoms. The van der Waals surface area contributed by atoms with Gasteiger partial charge in [0.1, 0.15) is 12.7 Å². The van der Waals surface area contributed by atoms with Crippen LogP contribution in [0.5, 0.6) is 0 Å². The highest BCUT2D eigenvalue weighted by Gasteiger charge is 2.27. The third kappa shape index (κ3) is 38.7. The first-order valence-corrected chi connectivity index (χ1v) is 23.0. The van der Waals surface area contributed by atoms with Crippen LogP contribution in [0.3, 0.4) is 0 Å². The number of hydrogen-bond acceptors (Lipinski definition) is 10. The molecule has 1 unspecified atom stereocenters. The molecule has 0 spiro atoms. The molecule has 0 aliphatic carbocycles. The Morgan fingerprint density at radius 3 is 1.71 bits per heavy atom. The standard InChI is InChI=1S/C44H79O11P/c1-4-5-31-40(46)32-27-23-19-15-11-7-9-12-16-20-24-28-33-43(48)52-37-42(38-54-56(50,51)53-36-41(47)35-45)55-44(49)34-29-25-21-17-13-8-6-10-14-18-22-26-30-39(2)3/h7,9,15-16,19-20,27,32,39-42,45-47H,4-6,8,10-14,17-18,21-26,28-31,33-38H2,1-3H3,(H,50,51)/b9-7-,19-15-,20-16-,32-27-/t40-,41-,42+/m0/s1. The molecule has 0 saturated carbocycles. The number of carbonyl (C=O) groups is 2. The van der Waals surface area contributed by atoms with Gasteiger partial charge in [-0.15, -0.1) is 0 Å². The van der Waals surface area contributed by atoms with E-state index < -0.39 is 51.8 Å². The van der Waals surface area contributed by atoms with Crippen molar-refractivity contribution in [3.63, 3.8) is 0 Å². The lowest BCUT2D eigenvalue weighted by atomic mass is 10.0. The predicted octanol–water partition coefficient (Wildman–Crippen LogP) is 10.2. The van der Waals surface area contributed by atoms with E-state index in [-0.39, 0.29) is 25.6 Å². The van der Waals surface area contributed by atoms with Crippen LogP contribution in [0.1, 0.15) is 168 Å². The number of esters is 2. The molecular formula is C44H79O11P. The molecular weight excluding hydrogens is 735 g/mol. The van der Waals surface area contributed by atoms with Gasteiger partial charge in [0, 0.05) is 12.8 Å². The van der Waals surface area contributed by atoms with Crippen LogP contribution < -0.4 is 0 Å². The number of hydrogen-bond donors (Lipinski definition) is 4. The zero-order valence-corrected chi connectivity index (χ0v) is 36.0. The van der Waals surface area contributed by atoms with E-state index in [4.69, 9.17) is 19.1 Å². The molecule has 0 rings (SSSR count). The number of allylic oxidation sites excluding steroid dienone is 7. The molecule has 0 amide bonds. The van der Waals surface area contributed by atoms with Crippen LogP contribution in [0.25, 0.3) is 0 Å². The molecule has 0 bridgehead atoms. The Hall–Kier alpha value is -2.11. The predicted molar refractivity (Wildman–Crippen MR) is 225 cm³/mol. The molecule has 0 aromatic heterocycles. The summed E-state index contributed by atoms with van der Waals surface area (Å²) in [5.74, 6) is -0.213. The summed E-state index contributed by atoms with van der Waals surface area (Å²) in [7, 11) is -4.64. The fourth-order valence-electron chi connectivity index (χ4n) is 5.60. The molecule has 0 aliphatic rings. The van der Waals surface area contributed by atoms with Crippen molar-refractivity contribution in [1.29, 1.82) is 0 Å². The summed E-state index contributed by atoms with van der Waals surface area (Å²) in [6, 6.07) is 0. The van der Waals surface area contributed by atoms with Crippen molar-refractivity contribution < 1.29 is 52.9 Å². The highest BCUT2D eigenvalue weighted by atomic mass is 31.2. The maximum Gasteiger partial charge on any atom is 0.472 e. The molecule has 56 heavy (non-hydrogen) atoms. The lowest BCUT2D eigenvalue weighted by molar-refractivity contribution is -0.161. The summed E-state index contributed by atoms with van der Waals surface area (Å²) in [5.41, 5.74) is 0. The molecule has 0 fully saturated rings. The van der Waals surface area contributed by atoms with Crippen molar-refractivity contribution in [2.45, 2.75) is 187 Å². The average Bonchev–Trinajstić information content (AvgIpc) is 3.17. The summed E-state index contributed by atoms with van der Waals surface area (Å²) in [6.45, 7) is 4.47. The van der Waals surface area contributed by atoms with Gasteiger partial charge >= 0.3 is 19.8 Å². The Bertz CT molecular complexity index is 1100. The molecule has 0 saturated heterocycles. The fourth-order valence-corrected chi connectivity index (χ4v) is 6.39. The zero-order chi connectivity index (χ0) is 41.5. The van der Waals surface area contributed by atoms with E-state index in [1.54, 1.807) is 0 Å². The number of aliphatic hydroxyl groups is 3. The van der Waals surface area contributed by atoms with Crippen molar-refractivity contribution in [3.8, 4) is 0 Å². The zero-order valence-electron chi connectivity index (χ0n) is 35.1. The van der Waals surface area contributed by atoms with E-state index in [9.17, 15) is 29.3 Å². The Kier molecular flexibility index (Phi) is 37.0. The Morgan fingerprint density at radius 2 is 1.14 bits per heavy atom. The minimum Gasteiger partial charge on any atom is -0.462 e. The SMILES string of the molecule is CCCC[C@H](O)/C=C\C/C=C\C/C=C\C/C=C\CCCC(=O)OC[C@H](COP(=O)(O)OC[C@@H](O)CO)OC(=O)CCCCCCCCCCCCCCC(C)C. The van der Waals surface area contributed by atoms with Crippen LogP contribution in [0.2, 0.25) is 0 Å². The number of unbranched alkanes of at least 4 members (excludes halogenated alkanes) is 13. The Morgan fingerprint density at radius 1 is 0.625 bits per heavy atom. The van der Waals surface area contributed by atoms with Gasteiger partial charge in [0.05, 0.1) is 25.9 Å². The number of aliphatic hydroxyl groups excluding tert-OH is 3. The second kappa shape index (κ2) is 38.4. The smallest absolute Gasteiger partial charge is 0.462 e. The monoisotopic (exact) mass is 815 g/mol. The quantitative estimate of drug-likeness (QED) is 0.0202. The maximum absolute atomic E-state index is 12.6. The third-order valence-electron chi connectivity index (χ3n) is 8.98. The number of phosphoric ester groups is 1. The summed E-state index contributed by atoms with van der Waals surface area (Å²) in [4.78, 5) is 34.9. The normalized spacial score (nSPS) is 15.0. The van der Waals surface area contributed by atoms with Gasteiger partial charge in [0.15, 0.2) is 6.10 Å². The Balaban J connectivity index is 4.42. The number of rotatable bonds is 39. The molecule has 0 radical (unpaired) electrons. The van der Waals surface area contributed by atoms with Gasteiger partial charge in [-0.25, -0.2) is 4.57 Å². The van der Waals surface area contributed by atoms with Gasteiger partial charge in [-0.3, -0.25) is 18.6 Å². The van der Waals surface area contributed by atoms with Gasteiger partial charge in [0.25, 0.3) is 0 Å². The highest BCUT2D eigenvalue weighted by molar-refractivity contribution is 7.47. The van der Waals surface area contributed by atoms with Crippen LogP contribution in [0.4, 0.5) is 0 Å². The largest absolute Gasteiger partial charge is 0.472 e. The van der Waals surface area contributed by atoms with Gasteiger partial charge in [-0.1, -0.05) is 159 Å². The first kappa shape index (κ1) is 53.9. The summed E-state index contributed by atoms with van der Waals surface area (Å²) in [5, 5.41) is 28.1. The Labute approximate surface area is 339 Å². The maximum atomic E-state index is 12.6. The number of phosphoric acid groups is 1. The van der Waals surface area contributed by atoms with E-state index >= 15 is 0 Å². The molecule has 326 valence electrons. The second-order valence-electron chi connectivity index (χ2n) is 15.0. The van der Waals surface area contributed by atoms with Crippen LogP contribution in [0, 0.1) is 5.92 Å². The van der Waals surface area contributed by atoms with E-state index in [0.717, 1.165) is 63.7 Å². The van der Waals surface area contributed by atoms with Gasteiger partial charge in [0.2, 0.25) is 0 Å². The molecule has 0 aromatic carbocycles. The fraction of sp³-hybridized carbons (Fsp3) is 0.773. The topological polar surface area (TPSA) is 169 Å². The van der Waals surface area contributed by atoms with Crippen LogP contribution in [-0.4, -0.2) is 76.9 Å². The summed E-state index contributed by atoms with van der Waals surface area (Å²) in [6.07, 6.45) is 35.7. The molecule has 0 aromatic rings. The summed E-state index contributed by atoms with van der Waals surface area (Å²) < 4.78 is 32.6. The molecule has 4 atom stereocenters. The molecule has 4 N–H and O–H groups in total. The first-order valence-electron chi connectivity index (χ1n) is 21.5. The molecule has 0 heterocycles. The molecule has 11 nitrogen and oxygen atoms in total. The summed E-state index contributed by atoms with van der Waals surface area (Å²) >= 11 is 0. The van der Waals surface area contributed by atoms with E-state index in [0.29, 0.717) is 19.3 Å². The van der Waals surface area contributed by atoms with Crippen molar-refractivity contribution in [2.24, 2.45) is 5.92 Å². The molecule has 0 aliphatic heterocycles. The average molecular weight is 815 g/mol. The number of ether oxygens (including phenoxy) is 2. The second-order valence-corrected chi connectivity index (χ2v) is 16.5. The van der Waals surface area contributed by atoms with Gasteiger partial charge in [-0.2, -0.15) is 0 Å². The first-order chi connectivity index (χ1) is 27.0.